The predicted molar refractivity (Wildman–Crippen MR) is 72.9 cm³/mol. The Morgan fingerprint density at radius 1 is 1.06 bits per heavy atom. The summed E-state index contributed by atoms with van der Waals surface area (Å²) in [6.07, 6.45) is 4.17. The van der Waals surface area contributed by atoms with E-state index in [1.54, 1.807) is 0 Å². The van der Waals surface area contributed by atoms with Gasteiger partial charge >= 0.3 is 0 Å². The van der Waals surface area contributed by atoms with Gasteiger partial charge in [-0.2, -0.15) is 0 Å². The van der Waals surface area contributed by atoms with E-state index in [9.17, 15) is 4.79 Å². The summed E-state index contributed by atoms with van der Waals surface area (Å²) >= 11 is 0. The van der Waals surface area contributed by atoms with Crippen LogP contribution in [0.4, 0.5) is 0 Å². The van der Waals surface area contributed by atoms with E-state index >= 15 is 0 Å². The van der Waals surface area contributed by atoms with E-state index in [1.807, 2.05) is 0 Å². The molecule has 1 atom stereocenters. The standard InChI is InChI=1S/C15H29NO/c1-12(15(5,6)14(2,3)4)16-11-9-7-8-10-13(16)17/h12H,7-11H2,1-6H3. The van der Waals surface area contributed by atoms with Crippen molar-refractivity contribution in [1.29, 1.82) is 0 Å². The van der Waals surface area contributed by atoms with Crippen LogP contribution in [-0.2, 0) is 4.79 Å². The lowest BCUT2D eigenvalue weighted by Gasteiger charge is -2.48. The Morgan fingerprint density at radius 3 is 2.18 bits per heavy atom. The molecule has 1 fully saturated rings. The normalized spacial score (nSPS) is 21.3. The first-order chi connectivity index (χ1) is 7.68. The Balaban J connectivity index is 2.87. The van der Waals surface area contributed by atoms with E-state index in [0.29, 0.717) is 11.9 Å². The average Bonchev–Trinajstić information content (AvgIpc) is 2.40. The van der Waals surface area contributed by atoms with Gasteiger partial charge in [-0.1, -0.05) is 41.0 Å². The third-order valence-corrected chi connectivity index (χ3v) is 5.05. The maximum atomic E-state index is 12.2. The van der Waals surface area contributed by atoms with Gasteiger partial charge in [0.1, 0.15) is 0 Å². The van der Waals surface area contributed by atoms with E-state index in [-0.39, 0.29) is 10.8 Å². The van der Waals surface area contributed by atoms with E-state index in [0.717, 1.165) is 25.8 Å². The molecule has 0 saturated carbocycles. The van der Waals surface area contributed by atoms with Crippen LogP contribution >= 0.6 is 0 Å². The monoisotopic (exact) mass is 239 g/mol. The number of hydrogen-bond acceptors (Lipinski definition) is 1. The van der Waals surface area contributed by atoms with Gasteiger partial charge < -0.3 is 4.90 Å². The average molecular weight is 239 g/mol. The highest BCUT2D eigenvalue weighted by Gasteiger charge is 2.41. The molecule has 1 amide bonds. The lowest BCUT2D eigenvalue weighted by molar-refractivity contribution is -0.137. The Labute approximate surface area is 107 Å². The van der Waals surface area contributed by atoms with E-state index in [2.05, 4.69) is 46.4 Å². The maximum Gasteiger partial charge on any atom is 0.222 e. The third kappa shape index (κ3) is 3.02. The second-order valence-electron chi connectivity index (χ2n) is 7.05. The molecule has 17 heavy (non-hydrogen) atoms. The molecule has 2 heteroatoms. The zero-order valence-electron chi connectivity index (χ0n) is 12.5. The number of nitrogens with zero attached hydrogens (tertiary/aromatic N) is 1. The fraction of sp³-hybridized carbons (Fsp3) is 0.933. The molecule has 1 aliphatic rings. The number of likely N-dealkylation sites (tertiary alicyclic amines) is 1. The van der Waals surface area contributed by atoms with Crippen molar-refractivity contribution in [3.8, 4) is 0 Å². The van der Waals surface area contributed by atoms with Gasteiger partial charge in [0.25, 0.3) is 0 Å². The van der Waals surface area contributed by atoms with Gasteiger partial charge in [-0.15, -0.1) is 0 Å². The summed E-state index contributed by atoms with van der Waals surface area (Å²) in [6, 6.07) is 0.313. The lowest BCUT2D eigenvalue weighted by atomic mass is 9.65. The first-order valence-electron chi connectivity index (χ1n) is 6.97. The molecule has 1 heterocycles. The summed E-state index contributed by atoms with van der Waals surface area (Å²) in [5, 5.41) is 0. The molecule has 1 unspecified atom stereocenters. The van der Waals surface area contributed by atoms with Crippen LogP contribution in [0.1, 0.15) is 67.2 Å². The van der Waals surface area contributed by atoms with Crippen LogP contribution in [0.3, 0.4) is 0 Å². The Hall–Kier alpha value is -0.530. The molecule has 1 saturated heterocycles. The minimum absolute atomic E-state index is 0.132. The summed E-state index contributed by atoms with van der Waals surface area (Å²) in [4.78, 5) is 14.3. The highest BCUT2D eigenvalue weighted by atomic mass is 16.2. The Kier molecular flexibility index (Phi) is 4.27. The topological polar surface area (TPSA) is 20.3 Å². The van der Waals surface area contributed by atoms with Crippen molar-refractivity contribution in [1.82, 2.24) is 4.90 Å². The molecule has 0 aromatic heterocycles. The van der Waals surface area contributed by atoms with Gasteiger partial charge in [0.05, 0.1) is 0 Å². The second kappa shape index (κ2) is 4.99. The summed E-state index contributed by atoms with van der Waals surface area (Å²) in [5.41, 5.74) is 0.339. The number of amides is 1. The smallest absolute Gasteiger partial charge is 0.222 e. The predicted octanol–water partition coefficient (Wildman–Crippen LogP) is 3.85. The zero-order chi connectivity index (χ0) is 13.3. The molecule has 0 radical (unpaired) electrons. The first kappa shape index (κ1) is 14.5. The van der Waals surface area contributed by atoms with E-state index in [4.69, 9.17) is 0 Å². The molecule has 0 spiro atoms. The summed E-state index contributed by atoms with van der Waals surface area (Å²) in [6.45, 7) is 14.5. The van der Waals surface area contributed by atoms with Crippen LogP contribution in [0, 0.1) is 10.8 Å². The van der Waals surface area contributed by atoms with Crippen LogP contribution in [0.5, 0.6) is 0 Å². The highest BCUT2D eigenvalue weighted by molar-refractivity contribution is 5.76. The van der Waals surface area contributed by atoms with Crippen molar-refractivity contribution in [3.05, 3.63) is 0 Å². The molecule has 0 aromatic rings. The lowest BCUT2D eigenvalue weighted by Crippen LogP contribution is -2.51. The van der Waals surface area contributed by atoms with E-state index in [1.165, 1.54) is 6.42 Å². The van der Waals surface area contributed by atoms with Gasteiger partial charge in [0.15, 0.2) is 0 Å². The largest absolute Gasteiger partial charge is 0.339 e. The van der Waals surface area contributed by atoms with Crippen LogP contribution in [0.15, 0.2) is 0 Å². The van der Waals surface area contributed by atoms with Crippen LogP contribution in [0.25, 0.3) is 0 Å². The number of carbonyl (C=O) groups excluding carboxylic acids is 1. The number of hydrogen-bond donors (Lipinski definition) is 0. The SMILES string of the molecule is CC(N1CCCCCC1=O)C(C)(C)C(C)(C)C. The van der Waals surface area contributed by atoms with Crippen molar-refractivity contribution in [2.24, 2.45) is 10.8 Å². The minimum atomic E-state index is 0.132. The van der Waals surface area contributed by atoms with Crippen LogP contribution in [-0.4, -0.2) is 23.4 Å². The molecule has 1 aliphatic heterocycles. The molecule has 1 rings (SSSR count). The molecule has 0 N–H and O–H groups in total. The second-order valence-corrected chi connectivity index (χ2v) is 7.05. The molecular weight excluding hydrogens is 210 g/mol. The van der Waals surface area contributed by atoms with Crippen LogP contribution < -0.4 is 0 Å². The first-order valence-corrected chi connectivity index (χ1v) is 6.97. The fourth-order valence-electron chi connectivity index (χ4n) is 2.43. The van der Waals surface area contributed by atoms with Crippen molar-refractivity contribution >= 4 is 5.91 Å². The van der Waals surface area contributed by atoms with Crippen LogP contribution in [0.2, 0.25) is 0 Å². The third-order valence-electron chi connectivity index (χ3n) is 5.05. The Bertz CT molecular complexity index is 275. The number of rotatable bonds is 2. The van der Waals surface area contributed by atoms with Gasteiger partial charge in [0, 0.05) is 19.0 Å². The maximum absolute atomic E-state index is 12.2. The van der Waals surface area contributed by atoms with Gasteiger partial charge in [-0.3, -0.25) is 4.79 Å². The van der Waals surface area contributed by atoms with Gasteiger partial charge in [-0.05, 0) is 30.6 Å². The zero-order valence-corrected chi connectivity index (χ0v) is 12.5. The molecule has 0 bridgehead atoms. The molecule has 2 nitrogen and oxygen atoms in total. The molecule has 0 aliphatic carbocycles. The minimum Gasteiger partial charge on any atom is -0.339 e. The van der Waals surface area contributed by atoms with Gasteiger partial charge in [0.2, 0.25) is 5.91 Å². The summed E-state index contributed by atoms with van der Waals surface area (Å²) in [5.74, 6) is 0.354. The molecule has 0 aromatic carbocycles. The van der Waals surface area contributed by atoms with E-state index < -0.39 is 0 Å². The summed E-state index contributed by atoms with van der Waals surface area (Å²) in [7, 11) is 0. The van der Waals surface area contributed by atoms with Crippen molar-refractivity contribution in [2.75, 3.05) is 6.54 Å². The highest BCUT2D eigenvalue weighted by Crippen LogP contribution is 2.43. The van der Waals surface area contributed by atoms with Crippen molar-refractivity contribution in [3.63, 3.8) is 0 Å². The van der Waals surface area contributed by atoms with Gasteiger partial charge in [-0.25, -0.2) is 0 Å². The number of carbonyl (C=O) groups is 1. The van der Waals surface area contributed by atoms with Crippen molar-refractivity contribution < 1.29 is 4.79 Å². The molecule has 100 valence electrons. The summed E-state index contributed by atoms with van der Waals surface area (Å²) < 4.78 is 0. The van der Waals surface area contributed by atoms with Crippen molar-refractivity contribution in [2.45, 2.75) is 73.3 Å². The fourth-order valence-corrected chi connectivity index (χ4v) is 2.43. The Morgan fingerprint density at radius 2 is 1.65 bits per heavy atom. The molecular formula is C15H29NO. The quantitative estimate of drug-likeness (QED) is 0.716.